The molecule has 64 valence electrons. The van der Waals surface area contributed by atoms with E-state index in [0.717, 1.165) is 12.0 Å². The molecule has 0 N–H and O–H groups in total. The highest BCUT2D eigenvalue weighted by atomic mass is 16.4. The van der Waals surface area contributed by atoms with Gasteiger partial charge in [0, 0.05) is 11.6 Å². The number of allylic oxidation sites excluding steroid dienone is 1. The van der Waals surface area contributed by atoms with Crippen LogP contribution in [0.4, 0.5) is 0 Å². The molecule has 0 atom stereocenters. The molecule has 12 heavy (non-hydrogen) atoms. The molecule has 0 aliphatic carbocycles. The number of aryl methyl sites for hydroxylation is 1. The SMILES string of the molecule is CCC=Cc1ccc(=O)oc1C. The van der Waals surface area contributed by atoms with Gasteiger partial charge in [0.25, 0.3) is 0 Å². The van der Waals surface area contributed by atoms with E-state index in [4.69, 9.17) is 4.42 Å². The molecule has 1 aromatic heterocycles. The van der Waals surface area contributed by atoms with Crippen molar-refractivity contribution in [1.82, 2.24) is 0 Å². The van der Waals surface area contributed by atoms with Crippen LogP contribution in [-0.2, 0) is 0 Å². The summed E-state index contributed by atoms with van der Waals surface area (Å²) in [6, 6.07) is 3.20. The van der Waals surface area contributed by atoms with Crippen molar-refractivity contribution in [2.24, 2.45) is 0 Å². The third kappa shape index (κ3) is 2.09. The Balaban J connectivity index is 3.01. The molecule has 2 heteroatoms. The number of rotatable bonds is 2. The minimum Gasteiger partial charge on any atom is -0.428 e. The van der Waals surface area contributed by atoms with E-state index in [1.807, 2.05) is 12.2 Å². The van der Waals surface area contributed by atoms with Crippen molar-refractivity contribution >= 4 is 6.08 Å². The van der Waals surface area contributed by atoms with Crippen molar-refractivity contribution in [2.45, 2.75) is 20.3 Å². The zero-order valence-corrected chi connectivity index (χ0v) is 7.33. The second kappa shape index (κ2) is 3.90. The molecule has 2 nitrogen and oxygen atoms in total. The van der Waals surface area contributed by atoms with Crippen LogP contribution in [0.15, 0.2) is 27.4 Å². The molecule has 1 aromatic rings. The van der Waals surface area contributed by atoms with Crippen molar-refractivity contribution in [1.29, 1.82) is 0 Å². The highest BCUT2D eigenvalue weighted by Gasteiger charge is 1.95. The highest BCUT2D eigenvalue weighted by Crippen LogP contribution is 2.06. The zero-order chi connectivity index (χ0) is 8.97. The lowest BCUT2D eigenvalue weighted by Gasteiger charge is -1.95. The van der Waals surface area contributed by atoms with Crippen molar-refractivity contribution < 1.29 is 4.42 Å². The molecule has 0 saturated heterocycles. The van der Waals surface area contributed by atoms with Gasteiger partial charge in [-0.25, -0.2) is 4.79 Å². The average molecular weight is 164 g/mol. The Hall–Kier alpha value is -1.31. The van der Waals surface area contributed by atoms with Gasteiger partial charge in [0.2, 0.25) is 0 Å². The van der Waals surface area contributed by atoms with E-state index in [1.165, 1.54) is 6.07 Å². The van der Waals surface area contributed by atoms with Gasteiger partial charge in [-0.3, -0.25) is 0 Å². The van der Waals surface area contributed by atoms with Crippen LogP contribution in [0.25, 0.3) is 6.08 Å². The molecule has 0 fully saturated rings. The predicted octanol–water partition coefficient (Wildman–Crippen LogP) is 2.37. The molecular formula is C10H12O2. The van der Waals surface area contributed by atoms with E-state index in [9.17, 15) is 4.79 Å². The standard InChI is InChI=1S/C10H12O2/c1-3-4-5-9-6-7-10(11)12-8(9)2/h4-7H,3H2,1-2H3. The van der Waals surface area contributed by atoms with Crippen LogP contribution in [0.1, 0.15) is 24.7 Å². The zero-order valence-electron chi connectivity index (χ0n) is 7.33. The molecule has 0 amide bonds. The summed E-state index contributed by atoms with van der Waals surface area (Å²) in [5.74, 6) is 0.673. The van der Waals surface area contributed by atoms with E-state index in [2.05, 4.69) is 6.92 Å². The molecule has 0 aromatic carbocycles. The largest absolute Gasteiger partial charge is 0.428 e. The van der Waals surface area contributed by atoms with Gasteiger partial charge in [-0.05, 0) is 19.4 Å². The van der Waals surface area contributed by atoms with Gasteiger partial charge < -0.3 is 4.42 Å². The van der Waals surface area contributed by atoms with Gasteiger partial charge in [0.05, 0.1) is 0 Å². The van der Waals surface area contributed by atoms with E-state index >= 15 is 0 Å². The van der Waals surface area contributed by atoms with Crippen molar-refractivity contribution in [3.05, 3.63) is 40.0 Å². The minimum atomic E-state index is -0.291. The van der Waals surface area contributed by atoms with Gasteiger partial charge >= 0.3 is 5.63 Å². The molecule has 1 rings (SSSR count). The molecule has 0 bridgehead atoms. The van der Waals surface area contributed by atoms with E-state index in [-0.39, 0.29) is 5.63 Å². The molecule has 1 heterocycles. The fraction of sp³-hybridized carbons (Fsp3) is 0.300. The number of hydrogen-bond donors (Lipinski definition) is 0. The maximum Gasteiger partial charge on any atom is 0.335 e. The Morgan fingerprint density at radius 3 is 2.83 bits per heavy atom. The maximum absolute atomic E-state index is 10.7. The first-order valence-electron chi connectivity index (χ1n) is 4.01. The van der Waals surface area contributed by atoms with Gasteiger partial charge in [-0.1, -0.05) is 19.1 Å². The molecular weight excluding hydrogens is 152 g/mol. The predicted molar refractivity (Wildman–Crippen MR) is 49.0 cm³/mol. The first-order valence-corrected chi connectivity index (χ1v) is 4.01. The first kappa shape index (κ1) is 8.78. The topological polar surface area (TPSA) is 30.2 Å². The third-order valence-electron chi connectivity index (χ3n) is 1.59. The lowest BCUT2D eigenvalue weighted by molar-refractivity contribution is 0.479. The normalized spacial score (nSPS) is 10.8. The van der Waals surface area contributed by atoms with E-state index < -0.39 is 0 Å². The van der Waals surface area contributed by atoms with Crippen LogP contribution in [-0.4, -0.2) is 0 Å². The van der Waals surface area contributed by atoms with Crippen molar-refractivity contribution in [3.63, 3.8) is 0 Å². The molecule has 0 unspecified atom stereocenters. The van der Waals surface area contributed by atoms with Crippen LogP contribution in [0, 0.1) is 6.92 Å². The Labute approximate surface area is 71.5 Å². The van der Waals surface area contributed by atoms with Crippen molar-refractivity contribution in [2.75, 3.05) is 0 Å². The fourth-order valence-electron chi connectivity index (χ4n) is 0.937. The Morgan fingerprint density at radius 1 is 1.50 bits per heavy atom. The van der Waals surface area contributed by atoms with Gasteiger partial charge in [-0.15, -0.1) is 0 Å². The van der Waals surface area contributed by atoms with E-state index in [1.54, 1.807) is 13.0 Å². The Morgan fingerprint density at radius 2 is 2.25 bits per heavy atom. The Kier molecular flexibility index (Phi) is 2.86. The van der Waals surface area contributed by atoms with Crippen LogP contribution >= 0.6 is 0 Å². The summed E-state index contributed by atoms with van der Waals surface area (Å²) >= 11 is 0. The molecule has 0 saturated carbocycles. The fourth-order valence-corrected chi connectivity index (χ4v) is 0.937. The lowest BCUT2D eigenvalue weighted by atomic mass is 10.2. The minimum absolute atomic E-state index is 0.291. The summed E-state index contributed by atoms with van der Waals surface area (Å²) in [5.41, 5.74) is 0.678. The summed E-state index contributed by atoms with van der Waals surface area (Å²) in [7, 11) is 0. The Bertz CT molecular complexity index is 334. The summed E-state index contributed by atoms with van der Waals surface area (Å²) in [4.78, 5) is 10.7. The van der Waals surface area contributed by atoms with Gasteiger partial charge in [0.15, 0.2) is 0 Å². The van der Waals surface area contributed by atoms with Crippen LogP contribution in [0.2, 0.25) is 0 Å². The van der Waals surface area contributed by atoms with Crippen LogP contribution in [0.3, 0.4) is 0 Å². The van der Waals surface area contributed by atoms with Gasteiger partial charge in [0.1, 0.15) is 5.76 Å². The molecule has 0 radical (unpaired) electrons. The second-order valence-electron chi connectivity index (χ2n) is 2.58. The monoisotopic (exact) mass is 164 g/mol. The van der Waals surface area contributed by atoms with Crippen molar-refractivity contribution in [3.8, 4) is 0 Å². The summed E-state index contributed by atoms with van der Waals surface area (Å²) < 4.78 is 4.90. The van der Waals surface area contributed by atoms with Crippen LogP contribution < -0.4 is 5.63 Å². The second-order valence-corrected chi connectivity index (χ2v) is 2.58. The summed E-state index contributed by atoms with van der Waals surface area (Å²) in [5, 5.41) is 0. The maximum atomic E-state index is 10.7. The van der Waals surface area contributed by atoms with Crippen LogP contribution in [0.5, 0.6) is 0 Å². The average Bonchev–Trinajstić information content (AvgIpc) is 2.03. The molecule has 0 spiro atoms. The summed E-state index contributed by atoms with van der Waals surface area (Å²) in [6.07, 6.45) is 4.97. The molecule has 0 aliphatic heterocycles. The first-order chi connectivity index (χ1) is 5.74. The number of hydrogen-bond acceptors (Lipinski definition) is 2. The quantitative estimate of drug-likeness (QED) is 0.671. The highest BCUT2D eigenvalue weighted by molar-refractivity contribution is 5.50. The van der Waals surface area contributed by atoms with Gasteiger partial charge in [-0.2, -0.15) is 0 Å². The molecule has 0 aliphatic rings. The lowest BCUT2D eigenvalue weighted by Crippen LogP contribution is -1.97. The summed E-state index contributed by atoms with van der Waals surface area (Å²) in [6.45, 7) is 3.85. The smallest absolute Gasteiger partial charge is 0.335 e. The third-order valence-corrected chi connectivity index (χ3v) is 1.59. The van der Waals surface area contributed by atoms with E-state index in [0.29, 0.717) is 5.76 Å².